The molecule has 0 aliphatic rings. The van der Waals surface area contributed by atoms with Crippen LogP contribution in [-0.2, 0) is 4.74 Å². The molecule has 80 valence electrons. The number of halogens is 5. The Kier molecular flexibility index (Phi) is 4.55. The van der Waals surface area contributed by atoms with Crippen LogP contribution in [0.4, 0.5) is 22.0 Å². The van der Waals surface area contributed by atoms with Crippen LogP contribution in [0.5, 0.6) is 0 Å². The second-order valence-electron chi connectivity index (χ2n) is 2.29. The lowest BCUT2D eigenvalue weighted by Gasteiger charge is -2.19. The third-order valence-corrected chi connectivity index (χ3v) is 1.17. The number of unbranched alkanes of at least 4 members (excludes halogenated alkanes) is 1. The van der Waals surface area contributed by atoms with E-state index in [0.29, 0.717) is 0 Å². The molecule has 0 atom stereocenters. The Hall–Kier alpha value is -0.430. The fourth-order valence-electron chi connectivity index (χ4n) is 0.496. The van der Waals surface area contributed by atoms with Crippen molar-refractivity contribution < 1.29 is 31.8 Å². The largest absolute Gasteiger partial charge is 0.482 e. The smallest absolute Gasteiger partial charge is 0.396 e. The van der Waals surface area contributed by atoms with Gasteiger partial charge in [0, 0.05) is 6.61 Å². The minimum absolute atomic E-state index is 0.0395. The summed E-state index contributed by atoms with van der Waals surface area (Å²) in [6, 6.07) is 0. The quantitative estimate of drug-likeness (QED) is 0.552. The number of rotatable bonds is 5. The van der Waals surface area contributed by atoms with E-state index in [1.807, 2.05) is 0 Å². The molecule has 0 fully saturated rings. The van der Waals surface area contributed by atoms with Crippen molar-refractivity contribution in [2.75, 3.05) is 13.2 Å². The minimum Gasteiger partial charge on any atom is -0.396 e. The standard InChI is InChI=1S/C6H9F5O2/c7-5(8,9)6(10,11)13-4-2-1-3-12/h12H,1-4H2. The van der Waals surface area contributed by atoms with Gasteiger partial charge in [-0.2, -0.15) is 22.0 Å². The topological polar surface area (TPSA) is 29.5 Å². The molecular formula is C6H9F5O2. The monoisotopic (exact) mass is 208 g/mol. The van der Waals surface area contributed by atoms with Gasteiger partial charge in [-0.1, -0.05) is 0 Å². The Bertz CT molecular complexity index is 144. The lowest BCUT2D eigenvalue weighted by Crippen LogP contribution is -2.39. The van der Waals surface area contributed by atoms with E-state index in [1.54, 1.807) is 0 Å². The highest BCUT2D eigenvalue weighted by Gasteiger charge is 2.59. The van der Waals surface area contributed by atoms with Gasteiger partial charge in [-0.05, 0) is 12.8 Å². The normalized spacial score (nSPS) is 13.4. The predicted molar refractivity (Wildman–Crippen MR) is 33.3 cm³/mol. The van der Waals surface area contributed by atoms with Crippen molar-refractivity contribution in [3.05, 3.63) is 0 Å². The average Bonchev–Trinajstić information content (AvgIpc) is 1.96. The summed E-state index contributed by atoms with van der Waals surface area (Å²) in [6.45, 7) is -0.992. The molecule has 0 aliphatic carbocycles. The zero-order valence-electron chi connectivity index (χ0n) is 6.57. The number of hydrogen-bond donors (Lipinski definition) is 1. The van der Waals surface area contributed by atoms with Crippen LogP contribution in [0.2, 0.25) is 0 Å². The maximum atomic E-state index is 11.9. The van der Waals surface area contributed by atoms with E-state index in [4.69, 9.17) is 5.11 Å². The zero-order chi connectivity index (χ0) is 10.5. The van der Waals surface area contributed by atoms with E-state index in [-0.39, 0.29) is 19.4 Å². The summed E-state index contributed by atoms with van der Waals surface area (Å²) < 4.78 is 61.5. The van der Waals surface area contributed by atoms with Gasteiger partial charge in [0.05, 0.1) is 6.61 Å². The molecule has 0 radical (unpaired) electrons. The second kappa shape index (κ2) is 4.71. The SMILES string of the molecule is OCCCCOC(F)(F)C(F)(F)F. The summed E-state index contributed by atoms with van der Waals surface area (Å²) in [6.07, 6.45) is -10.7. The summed E-state index contributed by atoms with van der Waals surface area (Å²) in [5.74, 6) is 0. The summed E-state index contributed by atoms with van der Waals surface area (Å²) >= 11 is 0. The first-order chi connectivity index (χ1) is 5.81. The molecule has 0 aromatic carbocycles. The van der Waals surface area contributed by atoms with Crippen LogP contribution in [-0.4, -0.2) is 30.6 Å². The van der Waals surface area contributed by atoms with Gasteiger partial charge >= 0.3 is 12.3 Å². The number of aliphatic hydroxyl groups is 1. The van der Waals surface area contributed by atoms with E-state index in [9.17, 15) is 22.0 Å². The maximum absolute atomic E-state index is 11.9. The van der Waals surface area contributed by atoms with Gasteiger partial charge in [-0.15, -0.1) is 0 Å². The van der Waals surface area contributed by atoms with E-state index in [0.717, 1.165) is 0 Å². The molecule has 0 spiro atoms. The molecule has 0 bridgehead atoms. The highest BCUT2D eigenvalue weighted by molar-refractivity contribution is 4.63. The van der Waals surface area contributed by atoms with E-state index in [1.165, 1.54) is 0 Å². The van der Waals surface area contributed by atoms with Crippen LogP contribution in [0.3, 0.4) is 0 Å². The first-order valence-electron chi connectivity index (χ1n) is 3.50. The summed E-state index contributed by atoms with van der Waals surface area (Å²) in [5.41, 5.74) is 0. The minimum atomic E-state index is -5.67. The Morgan fingerprint density at radius 1 is 1.00 bits per heavy atom. The molecule has 0 aromatic heterocycles. The van der Waals surface area contributed by atoms with Crippen LogP contribution in [0.1, 0.15) is 12.8 Å². The molecule has 13 heavy (non-hydrogen) atoms. The molecule has 2 nitrogen and oxygen atoms in total. The third kappa shape index (κ3) is 4.37. The van der Waals surface area contributed by atoms with Crippen molar-refractivity contribution in [3.63, 3.8) is 0 Å². The molecule has 1 N–H and O–H groups in total. The van der Waals surface area contributed by atoms with Crippen LogP contribution in [0, 0.1) is 0 Å². The van der Waals surface area contributed by atoms with Gasteiger partial charge in [0.1, 0.15) is 0 Å². The molecule has 0 amide bonds. The molecule has 0 saturated heterocycles. The molecule has 0 heterocycles. The Labute approximate surface area is 71.3 Å². The average molecular weight is 208 g/mol. The summed E-state index contributed by atoms with van der Waals surface area (Å²) in [5, 5.41) is 8.19. The molecule has 0 saturated carbocycles. The highest BCUT2D eigenvalue weighted by atomic mass is 19.4. The summed E-state index contributed by atoms with van der Waals surface area (Å²) in [7, 11) is 0. The first kappa shape index (κ1) is 12.6. The van der Waals surface area contributed by atoms with Gasteiger partial charge in [-0.25, -0.2) is 0 Å². The predicted octanol–water partition coefficient (Wildman–Crippen LogP) is 1.93. The van der Waals surface area contributed by atoms with Crippen LogP contribution < -0.4 is 0 Å². The van der Waals surface area contributed by atoms with E-state index < -0.39 is 18.9 Å². The molecule has 0 unspecified atom stereocenters. The van der Waals surface area contributed by atoms with Crippen molar-refractivity contribution in [2.45, 2.75) is 25.1 Å². The van der Waals surface area contributed by atoms with Gasteiger partial charge in [-0.3, -0.25) is 0 Å². The van der Waals surface area contributed by atoms with Crippen molar-refractivity contribution >= 4 is 0 Å². The van der Waals surface area contributed by atoms with E-state index in [2.05, 4.69) is 4.74 Å². The highest BCUT2D eigenvalue weighted by Crippen LogP contribution is 2.36. The number of aliphatic hydroxyl groups excluding tert-OH is 1. The molecule has 0 rings (SSSR count). The van der Waals surface area contributed by atoms with Crippen LogP contribution in [0.15, 0.2) is 0 Å². The van der Waals surface area contributed by atoms with Crippen molar-refractivity contribution in [2.24, 2.45) is 0 Å². The molecular weight excluding hydrogens is 199 g/mol. The Morgan fingerprint density at radius 2 is 1.54 bits per heavy atom. The molecule has 0 aromatic rings. The van der Waals surface area contributed by atoms with Crippen molar-refractivity contribution in [1.82, 2.24) is 0 Å². The first-order valence-corrected chi connectivity index (χ1v) is 3.50. The van der Waals surface area contributed by atoms with Gasteiger partial charge in [0.2, 0.25) is 0 Å². The number of hydrogen-bond acceptors (Lipinski definition) is 2. The van der Waals surface area contributed by atoms with Crippen LogP contribution >= 0.6 is 0 Å². The zero-order valence-corrected chi connectivity index (χ0v) is 6.57. The van der Waals surface area contributed by atoms with Gasteiger partial charge in [0.15, 0.2) is 0 Å². The third-order valence-electron chi connectivity index (χ3n) is 1.17. The Morgan fingerprint density at radius 3 is 1.92 bits per heavy atom. The van der Waals surface area contributed by atoms with E-state index >= 15 is 0 Å². The van der Waals surface area contributed by atoms with Crippen molar-refractivity contribution in [3.8, 4) is 0 Å². The molecule has 0 aliphatic heterocycles. The number of alkyl halides is 5. The fourth-order valence-corrected chi connectivity index (χ4v) is 0.496. The number of ether oxygens (including phenoxy) is 1. The van der Waals surface area contributed by atoms with Crippen molar-refractivity contribution in [1.29, 1.82) is 0 Å². The lowest BCUT2D eigenvalue weighted by atomic mass is 10.3. The van der Waals surface area contributed by atoms with Crippen LogP contribution in [0.25, 0.3) is 0 Å². The maximum Gasteiger partial charge on any atom is 0.482 e. The molecule has 7 heteroatoms. The Balaban J connectivity index is 3.77. The fraction of sp³-hybridized carbons (Fsp3) is 1.00. The van der Waals surface area contributed by atoms with Gasteiger partial charge < -0.3 is 9.84 Å². The second-order valence-corrected chi connectivity index (χ2v) is 2.29. The van der Waals surface area contributed by atoms with Gasteiger partial charge in [0.25, 0.3) is 0 Å². The summed E-state index contributed by atoms with van der Waals surface area (Å²) in [4.78, 5) is 0. The lowest BCUT2D eigenvalue weighted by molar-refractivity contribution is -0.391.